The number of phenols is 1. The van der Waals surface area contributed by atoms with E-state index < -0.39 is 0 Å². The largest absolute Gasteiger partial charge is 0.504 e. The van der Waals surface area contributed by atoms with Crippen molar-refractivity contribution in [1.82, 2.24) is 4.90 Å². The Bertz CT molecular complexity index is 625. The number of fused-ring (bicyclic) bond motifs is 1. The van der Waals surface area contributed by atoms with Crippen molar-refractivity contribution in [2.75, 3.05) is 27.2 Å². The molecule has 0 saturated carbocycles. The predicted molar refractivity (Wildman–Crippen MR) is 84.1 cm³/mol. The first-order valence-electron chi connectivity index (χ1n) is 7.32. The van der Waals surface area contributed by atoms with E-state index in [9.17, 15) is 5.11 Å². The van der Waals surface area contributed by atoms with E-state index in [2.05, 4.69) is 36.2 Å². The smallest absolute Gasteiger partial charge is 0.160 e. The van der Waals surface area contributed by atoms with Gasteiger partial charge in [-0.1, -0.05) is 30.3 Å². The summed E-state index contributed by atoms with van der Waals surface area (Å²) >= 11 is 0. The van der Waals surface area contributed by atoms with Crippen molar-refractivity contribution in [1.29, 1.82) is 0 Å². The molecule has 0 radical (unpaired) electrons. The maximum absolute atomic E-state index is 10.2. The highest BCUT2D eigenvalue weighted by Gasteiger charge is 2.24. The van der Waals surface area contributed by atoms with Gasteiger partial charge in [0.15, 0.2) is 11.5 Å². The number of ether oxygens (including phenoxy) is 1. The number of hydrogen-bond acceptors (Lipinski definition) is 3. The van der Waals surface area contributed by atoms with Crippen LogP contribution in [0.25, 0.3) is 0 Å². The van der Waals surface area contributed by atoms with Gasteiger partial charge in [-0.3, -0.25) is 0 Å². The Morgan fingerprint density at radius 3 is 2.67 bits per heavy atom. The molecule has 3 rings (SSSR count). The fourth-order valence-electron chi connectivity index (χ4n) is 3.11. The highest BCUT2D eigenvalue weighted by molar-refractivity contribution is 5.50. The highest BCUT2D eigenvalue weighted by atomic mass is 16.5. The molecule has 3 nitrogen and oxygen atoms in total. The first-order chi connectivity index (χ1) is 10.2. The molecule has 2 aromatic carbocycles. The van der Waals surface area contributed by atoms with Crippen LogP contribution >= 0.6 is 0 Å². The third-order valence-electron chi connectivity index (χ3n) is 4.28. The van der Waals surface area contributed by atoms with E-state index in [4.69, 9.17) is 4.74 Å². The molecule has 0 spiro atoms. The van der Waals surface area contributed by atoms with E-state index in [1.807, 2.05) is 18.2 Å². The molecular weight excluding hydrogens is 262 g/mol. The molecule has 0 amide bonds. The molecule has 0 bridgehead atoms. The summed E-state index contributed by atoms with van der Waals surface area (Å²) in [5.74, 6) is 1.07. The van der Waals surface area contributed by atoms with Crippen LogP contribution in [0.4, 0.5) is 0 Å². The van der Waals surface area contributed by atoms with E-state index in [1.54, 1.807) is 7.11 Å². The van der Waals surface area contributed by atoms with E-state index >= 15 is 0 Å². The zero-order valence-corrected chi connectivity index (χ0v) is 12.5. The van der Waals surface area contributed by atoms with Gasteiger partial charge in [0.2, 0.25) is 0 Å². The number of likely N-dealkylation sites (N-methyl/N-ethyl adjacent to an activating group) is 1. The van der Waals surface area contributed by atoms with Gasteiger partial charge in [0.05, 0.1) is 7.11 Å². The molecule has 21 heavy (non-hydrogen) atoms. The summed E-state index contributed by atoms with van der Waals surface area (Å²) in [6.45, 7) is 1.98. The Balaban J connectivity index is 2.11. The van der Waals surface area contributed by atoms with E-state index in [0.29, 0.717) is 5.75 Å². The number of phenolic OH excluding ortho intramolecular Hbond substituents is 1. The third-order valence-corrected chi connectivity index (χ3v) is 4.28. The lowest BCUT2D eigenvalue weighted by molar-refractivity contribution is 0.338. The highest BCUT2D eigenvalue weighted by Crippen LogP contribution is 2.37. The van der Waals surface area contributed by atoms with E-state index in [0.717, 1.165) is 19.5 Å². The van der Waals surface area contributed by atoms with Crippen LogP contribution in [-0.2, 0) is 6.42 Å². The normalized spacial score (nSPS) is 18.9. The Kier molecular flexibility index (Phi) is 3.84. The van der Waals surface area contributed by atoms with Crippen LogP contribution in [0, 0.1) is 0 Å². The summed E-state index contributed by atoms with van der Waals surface area (Å²) in [4.78, 5) is 2.35. The molecule has 1 N–H and O–H groups in total. The zero-order chi connectivity index (χ0) is 14.8. The second-order valence-corrected chi connectivity index (χ2v) is 5.70. The number of aromatic hydroxyl groups is 1. The first kappa shape index (κ1) is 14.0. The Labute approximate surface area is 125 Å². The molecule has 3 heteroatoms. The van der Waals surface area contributed by atoms with Crippen LogP contribution in [0.15, 0.2) is 42.5 Å². The molecule has 0 aliphatic carbocycles. The van der Waals surface area contributed by atoms with Gasteiger partial charge in [-0.2, -0.15) is 0 Å². The van der Waals surface area contributed by atoms with E-state index in [-0.39, 0.29) is 11.7 Å². The van der Waals surface area contributed by atoms with Crippen LogP contribution in [0.1, 0.15) is 22.6 Å². The summed E-state index contributed by atoms with van der Waals surface area (Å²) in [5, 5.41) is 10.2. The van der Waals surface area contributed by atoms with Crippen molar-refractivity contribution in [2.45, 2.75) is 12.3 Å². The zero-order valence-electron chi connectivity index (χ0n) is 12.5. The standard InChI is InChI=1S/C18H21NO2/c1-19-9-8-14-10-18(21-2)17(20)11-15(14)16(12-19)13-6-4-3-5-7-13/h3-7,10-11,16,20H,8-9,12H2,1-2H3/t16-/m1/s1. The second-order valence-electron chi connectivity index (χ2n) is 5.70. The maximum atomic E-state index is 10.2. The van der Waals surface area contributed by atoms with Crippen LogP contribution in [0.5, 0.6) is 11.5 Å². The molecule has 2 aromatic rings. The van der Waals surface area contributed by atoms with Crippen molar-refractivity contribution < 1.29 is 9.84 Å². The van der Waals surface area contributed by atoms with Gasteiger partial charge >= 0.3 is 0 Å². The molecule has 0 aromatic heterocycles. The van der Waals surface area contributed by atoms with Crippen molar-refractivity contribution in [3.8, 4) is 11.5 Å². The van der Waals surface area contributed by atoms with Crippen molar-refractivity contribution in [3.63, 3.8) is 0 Å². The summed E-state index contributed by atoms with van der Waals surface area (Å²) in [5.41, 5.74) is 3.77. The van der Waals surface area contributed by atoms with Crippen molar-refractivity contribution >= 4 is 0 Å². The summed E-state index contributed by atoms with van der Waals surface area (Å²) in [7, 11) is 3.75. The molecule has 0 saturated heterocycles. The molecule has 0 fully saturated rings. The number of hydrogen-bond donors (Lipinski definition) is 1. The number of methoxy groups -OCH3 is 1. The average Bonchev–Trinajstić information content (AvgIpc) is 2.67. The van der Waals surface area contributed by atoms with Gasteiger partial charge in [-0.15, -0.1) is 0 Å². The van der Waals surface area contributed by atoms with Gasteiger partial charge in [-0.05, 0) is 42.3 Å². The fraction of sp³-hybridized carbons (Fsp3) is 0.333. The fourth-order valence-corrected chi connectivity index (χ4v) is 3.11. The Morgan fingerprint density at radius 1 is 1.19 bits per heavy atom. The number of nitrogens with zero attached hydrogens (tertiary/aromatic N) is 1. The molecule has 1 aliphatic rings. The molecule has 0 unspecified atom stereocenters. The topological polar surface area (TPSA) is 32.7 Å². The predicted octanol–water partition coefficient (Wildman–Crippen LogP) is 3.02. The van der Waals surface area contributed by atoms with Gasteiger partial charge in [0, 0.05) is 19.0 Å². The van der Waals surface area contributed by atoms with Crippen LogP contribution < -0.4 is 4.74 Å². The monoisotopic (exact) mass is 283 g/mol. The molecule has 1 atom stereocenters. The molecular formula is C18H21NO2. The summed E-state index contributed by atoms with van der Waals surface area (Å²) < 4.78 is 5.26. The summed E-state index contributed by atoms with van der Waals surface area (Å²) in [6, 6.07) is 14.4. The third kappa shape index (κ3) is 2.74. The van der Waals surface area contributed by atoms with Gasteiger partial charge < -0.3 is 14.7 Å². The second kappa shape index (κ2) is 5.78. The number of rotatable bonds is 2. The van der Waals surface area contributed by atoms with Gasteiger partial charge in [0.1, 0.15) is 0 Å². The minimum absolute atomic E-state index is 0.224. The van der Waals surface area contributed by atoms with E-state index in [1.165, 1.54) is 16.7 Å². The average molecular weight is 283 g/mol. The van der Waals surface area contributed by atoms with Crippen LogP contribution in [0.2, 0.25) is 0 Å². The van der Waals surface area contributed by atoms with Crippen molar-refractivity contribution in [3.05, 3.63) is 59.2 Å². The lowest BCUT2D eigenvalue weighted by Crippen LogP contribution is -2.24. The minimum Gasteiger partial charge on any atom is -0.504 e. The number of benzene rings is 2. The Morgan fingerprint density at radius 2 is 1.95 bits per heavy atom. The summed E-state index contributed by atoms with van der Waals surface area (Å²) in [6.07, 6.45) is 0.978. The first-order valence-corrected chi connectivity index (χ1v) is 7.32. The molecule has 1 heterocycles. The minimum atomic E-state index is 0.224. The lowest BCUT2D eigenvalue weighted by atomic mass is 9.87. The molecule has 110 valence electrons. The quantitative estimate of drug-likeness (QED) is 0.919. The van der Waals surface area contributed by atoms with Crippen LogP contribution in [-0.4, -0.2) is 37.3 Å². The maximum Gasteiger partial charge on any atom is 0.160 e. The van der Waals surface area contributed by atoms with Crippen LogP contribution in [0.3, 0.4) is 0 Å². The van der Waals surface area contributed by atoms with Gasteiger partial charge in [-0.25, -0.2) is 0 Å². The SMILES string of the molecule is COc1cc2c(cc1O)[C@@H](c1ccccc1)CN(C)CC2. The molecule has 1 aliphatic heterocycles. The van der Waals surface area contributed by atoms with Crippen molar-refractivity contribution in [2.24, 2.45) is 0 Å². The van der Waals surface area contributed by atoms with Gasteiger partial charge in [0.25, 0.3) is 0 Å². The Hall–Kier alpha value is -2.00. The lowest BCUT2D eigenvalue weighted by Gasteiger charge is -2.22.